The molecule has 1 aromatic rings. The summed E-state index contributed by atoms with van der Waals surface area (Å²) in [4.78, 5) is 11.6. The number of nitrogens with zero attached hydrogens (tertiary/aromatic N) is 1. The molecule has 1 saturated carbocycles. The molecule has 0 spiro atoms. The van der Waals surface area contributed by atoms with Gasteiger partial charge in [-0.15, -0.1) is 0 Å². The van der Waals surface area contributed by atoms with Crippen LogP contribution in [0.15, 0.2) is 29.2 Å². The second kappa shape index (κ2) is 6.74. The first-order chi connectivity index (χ1) is 8.81. The van der Waals surface area contributed by atoms with Crippen LogP contribution >= 0.6 is 0 Å². The Labute approximate surface area is 109 Å². The Morgan fingerprint density at radius 3 is 2.94 bits per heavy atom. The van der Waals surface area contributed by atoms with Gasteiger partial charge in [-0.05, 0) is 24.8 Å². The molecule has 18 heavy (non-hydrogen) atoms. The standard InChI is InChI=1S/C15H24N2O/c1-2-13-7-3-4-8-14(13)16-10-12-17-11-6-5-9-15(17)18/h5-6,9,11,13-14,16H,2-4,7-8,10,12H2,1H3. The van der Waals surface area contributed by atoms with Crippen molar-refractivity contribution in [3.8, 4) is 0 Å². The SMILES string of the molecule is CCC1CCCCC1NCCn1ccccc1=O. The van der Waals surface area contributed by atoms with Crippen LogP contribution in [0.2, 0.25) is 0 Å². The summed E-state index contributed by atoms with van der Waals surface area (Å²) in [6.07, 6.45) is 8.51. The van der Waals surface area contributed by atoms with E-state index in [0.717, 1.165) is 19.0 Å². The molecule has 1 aliphatic rings. The van der Waals surface area contributed by atoms with Crippen molar-refractivity contribution in [3.63, 3.8) is 0 Å². The van der Waals surface area contributed by atoms with E-state index in [2.05, 4.69) is 12.2 Å². The Kier molecular flexibility index (Phi) is 5.00. The van der Waals surface area contributed by atoms with E-state index in [9.17, 15) is 4.79 Å². The highest BCUT2D eigenvalue weighted by atomic mass is 16.1. The molecule has 1 aliphatic carbocycles. The van der Waals surface area contributed by atoms with Gasteiger partial charge in [0.25, 0.3) is 5.56 Å². The van der Waals surface area contributed by atoms with Crippen LogP contribution in [0.4, 0.5) is 0 Å². The van der Waals surface area contributed by atoms with Crippen molar-refractivity contribution in [1.82, 2.24) is 9.88 Å². The number of hydrogen-bond acceptors (Lipinski definition) is 2. The average Bonchev–Trinajstić information content (AvgIpc) is 2.41. The zero-order chi connectivity index (χ0) is 12.8. The topological polar surface area (TPSA) is 34.0 Å². The zero-order valence-electron chi connectivity index (χ0n) is 11.3. The zero-order valence-corrected chi connectivity index (χ0v) is 11.3. The molecular weight excluding hydrogens is 224 g/mol. The number of aromatic nitrogens is 1. The lowest BCUT2D eigenvalue weighted by molar-refractivity contribution is 0.254. The molecule has 3 heteroatoms. The molecule has 1 fully saturated rings. The first-order valence-electron chi connectivity index (χ1n) is 7.20. The fourth-order valence-electron chi connectivity index (χ4n) is 2.98. The highest BCUT2D eigenvalue weighted by molar-refractivity contribution is 4.93. The third-order valence-corrected chi connectivity index (χ3v) is 4.09. The summed E-state index contributed by atoms with van der Waals surface area (Å²) in [6, 6.07) is 5.98. The van der Waals surface area contributed by atoms with Crippen molar-refractivity contribution < 1.29 is 0 Å². The first kappa shape index (κ1) is 13.3. The Hall–Kier alpha value is -1.09. The minimum atomic E-state index is 0.0926. The third-order valence-electron chi connectivity index (χ3n) is 4.09. The van der Waals surface area contributed by atoms with E-state index in [1.807, 2.05) is 12.3 Å². The second-order valence-corrected chi connectivity index (χ2v) is 5.25. The normalized spacial score (nSPS) is 24.1. The number of nitrogens with one attached hydrogen (secondary N) is 1. The predicted octanol–water partition coefficient (Wildman–Crippen LogP) is 2.41. The first-order valence-corrected chi connectivity index (χ1v) is 7.20. The van der Waals surface area contributed by atoms with Crippen molar-refractivity contribution in [2.75, 3.05) is 6.54 Å². The summed E-state index contributed by atoms with van der Waals surface area (Å²) < 4.78 is 1.77. The maximum Gasteiger partial charge on any atom is 0.250 e. The van der Waals surface area contributed by atoms with Gasteiger partial charge < -0.3 is 9.88 Å². The fourth-order valence-corrected chi connectivity index (χ4v) is 2.98. The van der Waals surface area contributed by atoms with Crippen LogP contribution in [0.5, 0.6) is 0 Å². The minimum absolute atomic E-state index is 0.0926. The highest BCUT2D eigenvalue weighted by Gasteiger charge is 2.22. The Balaban J connectivity index is 1.81. The lowest BCUT2D eigenvalue weighted by Gasteiger charge is -2.31. The van der Waals surface area contributed by atoms with Crippen LogP contribution in [0.3, 0.4) is 0 Å². The molecule has 0 aromatic carbocycles. The average molecular weight is 248 g/mol. The molecule has 3 nitrogen and oxygen atoms in total. The molecule has 2 rings (SSSR count). The van der Waals surface area contributed by atoms with Gasteiger partial charge in [0.1, 0.15) is 0 Å². The largest absolute Gasteiger partial charge is 0.314 e. The predicted molar refractivity (Wildman–Crippen MR) is 74.7 cm³/mol. The molecule has 0 radical (unpaired) electrons. The van der Waals surface area contributed by atoms with Crippen molar-refractivity contribution in [1.29, 1.82) is 0 Å². The van der Waals surface area contributed by atoms with E-state index in [1.54, 1.807) is 16.7 Å². The minimum Gasteiger partial charge on any atom is -0.314 e. The maximum absolute atomic E-state index is 11.6. The van der Waals surface area contributed by atoms with Crippen molar-refractivity contribution >= 4 is 0 Å². The summed E-state index contributed by atoms with van der Waals surface area (Å²) in [7, 11) is 0. The van der Waals surface area contributed by atoms with Gasteiger partial charge in [0, 0.05) is 31.4 Å². The van der Waals surface area contributed by atoms with E-state index < -0.39 is 0 Å². The van der Waals surface area contributed by atoms with Gasteiger partial charge >= 0.3 is 0 Å². The summed E-state index contributed by atoms with van der Waals surface area (Å²) in [5.74, 6) is 0.825. The van der Waals surface area contributed by atoms with Crippen molar-refractivity contribution in [3.05, 3.63) is 34.7 Å². The van der Waals surface area contributed by atoms with Gasteiger partial charge in [0.05, 0.1) is 0 Å². The van der Waals surface area contributed by atoms with Crippen molar-refractivity contribution in [2.45, 2.75) is 51.6 Å². The molecule has 1 aromatic heterocycles. The smallest absolute Gasteiger partial charge is 0.250 e. The molecule has 0 amide bonds. The quantitative estimate of drug-likeness (QED) is 0.868. The monoisotopic (exact) mass is 248 g/mol. The lowest BCUT2D eigenvalue weighted by atomic mass is 9.83. The molecule has 1 N–H and O–H groups in total. The Bertz CT molecular complexity index is 413. The number of hydrogen-bond donors (Lipinski definition) is 1. The van der Waals surface area contributed by atoms with Gasteiger partial charge in [-0.1, -0.05) is 32.3 Å². The van der Waals surface area contributed by atoms with Gasteiger partial charge in [0.15, 0.2) is 0 Å². The van der Waals surface area contributed by atoms with Crippen LogP contribution in [-0.2, 0) is 6.54 Å². The fraction of sp³-hybridized carbons (Fsp3) is 0.667. The Morgan fingerprint density at radius 2 is 2.17 bits per heavy atom. The molecule has 0 saturated heterocycles. The van der Waals surface area contributed by atoms with Crippen LogP contribution in [0.1, 0.15) is 39.0 Å². The summed E-state index contributed by atoms with van der Waals surface area (Å²) in [5.41, 5.74) is 0.0926. The molecule has 1 heterocycles. The van der Waals surface area contributed by atoms with Crippen LogP contribution in [0, 0.1) is 5.92 Å². The van der Waals surface area contributed by atoms with Crippen LogP contribution < -0.4 is 10.9 Å². The van der Waals surface area contributed by atoms with E-state index in [1.165, 1.54) is 32.1 Å². The van der Waals surface area contributed by atoms with E-state index >= 15 is 0 Å². The molecule has 100 valence electrons. The second-order valence-electron chi connectivity index (χ2n) is 5.25. The van der Waals surface area contributed by atoms with Gasteiger partial charge in [0.2, 0.25) is 0 Å². The molecule has 2 atom stereocenters. The van der Waals surface area contributed by atoms with E-state index in [4.69, 9.17) is 0 Å². The van der Waals surface area contributed by atoms with Crippen molar-refractivity contribution in [2.24, 2.45) is 5.92 Å². The van der Waals surface area contributed by atoms with Crippen LogP contribution in [0.25, 0.3) is 0 Å². The number of rotatable bonds is 5. The van der Waals surface area contributed by atoms with E-state index in [-0.39, 0.29) is 5.56 Å². The van der Waals surface area contributed by atoms with Gasteiger partial charge in [-0.2, -0.15) is 0 Å². The molecule has 0 aliphatic heterocycles. The number of pyridine rings is 1. The third kappa shape index (κ3) is 3.45. The van der Waals surface area contributed by atoms with Gasteiger partial charge in [-0.3, -0.25) is 4.79 Å². The lowest BCUT2D eigenvalue weighted by Crippen LogP contribution is -2.40. The van der Waals surface area contributed by atoms with Crippen LogP contribution in [-0.4, -0.2) is 17.2 Å². The molecular formula is C15H24N2O. The molecule has 2 unspecified atom stereocenters. The summed E-state index contributed by atoms with van der Waals surface area (Å²) in [6.45, 7) is 3.95. The van der Waals surface area contributed by atoms with E-state index in [0.29, 0.717) is 6.04 Å². The maximum atomic E-state index is 11.6. The summed E-state index contributed by atoms with van der Waals surface area (Å²) >= 11 is 0. The Morgan fingerprint density at radius 1 is 1.33 bits per heavy atom. The highest BCUT2D eigenvalue weighted by Crippen LogP contribution is 2.26. The summed E-state index contributed by atoms with van der Waals surface area (Å²) in [5, 5.41) is 3.64. The molecule has 0 bridgehead atoms. The van der Waals surface area contributed by atoms with Gasteiger partial charge in [-0.25, -0.2) is 0 Å².